The first-order chi connectivity index (χ1) is 11.6. The van der Waals surface area contributed by atoms with Crippen LogP contribution in [0.1, 0.15) is 5.56 Å². The van der Waals surface area contributed by atoms with Crippen LogP contribution in [-0.4, -0.2) is 24.9 Å². The molecule has 2 heterocycles. The molecule has 0 saturated heterocycles. The molecule has 0 fully saturated rings. The lowest BCUT2D eigenvalue weighted by Crippen LogP contribution is -3.14. The van der Waals surface area contributed by atoms with Gasteiger partial charge in [0.1, 0.15) is 0 Å². The molecule has 0 radical (unpaired) electrons. The van der Waals surface area contributed by atoms with Crippen molar-refractivity contribution in [3.8, 4) is 0 Å². The summed E-state index contributed by atoms with van der Waals surface area (Å²) in [6.07, 6.45) is 0. The van der Waals surface area contributed by atoms with Crippen LogP contribution in [0.25, 0.3) is 0 Å². The van der Waals surface area contributed by atoms with Crippen LogP contribution in [0.5, 0.6) is 0 Å². The highest BCUT2D eigenvalue weighted by atomic mass is 16.2. The first-order valence-corrected chi connectivity index (χ1v) is 7.63. The van der Waals surface area contributed by atoms with E-state index in [4.69, 9.17) is 5.73 Å². The summed E-state index contributed by atoms with van der Waals surface area (Å²) in [5, 5.41) is 6.20. The van der Waals surface area contributed by atoms with Gasteiger partial charge in [-0.05, 0) is 24.3 Å². The molecule has 2 aliphatic heterocycles. The predicted octanol–water partition coefficient (Wildman–Crippen LogP) is -2.64. The number of nitrogens with two attached hydrogens (primary N) is 1. The molecule has 7 heteroatoms. The SMILES string of the molecule is CN1C(=O)[C@@]2([NH+]=C(N)NC(Nc3ccccc3)=[NH+]2)c2ccccc21. The maximum atomic E-state index is 12.9. The number of carbonyl (C=O) groups is 1. The Labute approximate surface area is 138 Å². The monoisotopic (exact) mass is 322 g/mol. The van der Waals surface area contributed by atoms with Gasteiger partial charge in [-0.3, -0.25) is 10.5 Å². The maximum Gasteiger partial charge on any atom is 0.361 e. The zero-order chi connectivity index (χ0) is 16.7. The average Bonchev–Trinajstić information content (AvgIpc) is 2.78. The van der Waals surface area contributed by atoms with Crippen LogP contribution in [0.3, 0.4) is 0 Å². The van der Waals surface area contributed by atoms with Gasteiger partial charge in [-0.2, -0.15) is 5.32 Å². The summed E-state index contributed by atoms with van der Waals surface area (Å²) >= 11 is 0. The van der Waals surface area contributed by atoms with Crippen LogP contribution in [-0.2, 0) is 10.5 Å². The first kappa shape index (κ1) is 14.3. The molecule has 0 aliphatic carbocycles. The Morgan fingerprint density at radius 3 is 2.58 bits per heavy atom. The lowest BCUT2D eigenvalue weighted by molar-refractivity contribution is -0.789. The molecule has 1 atom stereocenters. The molecule has 2 aromatic carbocycles. The highest BCUT2D eigenvalue weighted by Crippen LogP contribution is 2.32. The number of guanidine groups is 2. The van der Waals surface area contributed by atoms with E-state index >= 15 is 0 Å². The normalized spacial score (nSPS) is 21.9. The Balaban J connectivity index is 1.82. The maximum absolute atomic E-state index is 12.9. The van der Waals surface area contributed by atoms with Crippen molar-refractivity contribution in [1.82, 2.24) is 5.32 Å². The molecule has 120 valence electrons. The molecule has 2 aliphatic rings. The molecule has 1 amide bonds. The second-order valence-electron chi connectivity index (χ2n) is 5.79. The van der Waals surface area contributed by atoms with E-state index in [2.05, 4.69) is 20.6 Å². The van der Waals surface area contributed by atoms with E-state index in [-0.39, 0.29) is 5.91 Å². The van der Waals surface area contributed by atoms with Gasteiger partial charge in [-0.25, -0.2) is 15.3 Å². The van der Waals surface area contributed by atoms with Gasteiger partial charge in [0, 0.05) is 7.05 Å². The molecule has 0 bridgehead atoms. The fourth-order valence-electron chi connectivity index (χ4n) is 3.15. The third kappa shape index (κ3) is 2.02. The zero-order valence-corrected chi connectivity index (χ0v) is 13.1. The molecule has 0 aromatic heterocycles. The molecule has 6 N–H and O–H groups in total. The molecule has 0 unspecified atom stereocenters. The summed E-state index contributed by atoms with van der Waals surface area (Å²) in [6, 6.07) is 17.3. The van der Waals surface area contributed by atoms with Gasteiger partial charge in [-0.15, -0.1) is 0 Å². The third-order valence-corrected chi connectivity index (χ3v) is 4.23. The Morgan fingerprint density at radius 2 is 1.79 bits per heavy atom. The standard InChI is InChI=1S/C17H16N6O/c1-23-13-10-6-5-9-12(13)17(14(23)24)21-15(18)20-16(22-17)19-11-7-3-2-4-8-11/h2-10H,1H3,(H4,18,19,20,21,22)/p+2/t17-/m1/s1. The number of hydrogen-bond donors (Lipinski definition) is 5. The minimum Gasteiger partial charge on any atom is -0.308 e. The molecular weight excluding hydrogens is 304 g/mol. The zero-order valence-electron chi connectivity index (χ0n) is 13.1. The summed E-state index contributed by atoms with van der Waals surface area (Å²) < 4.78 is 0. The molecule has 1 spiro atoms. The van der Waals surface area contributed by atoms with E-state index in [1.165, 1.54) is 0 Å². The topological polar surface area (TPSA) is 98.3 Å². The van der Waals surface area contributed by atoms with Gasteiger partial charge in [0.05, 0.1) is 16.9 Å². The second-order valence-corrected chi connectivity index (χ2v) is 5.79. The number of amides is 1. The van der Waals surface area contributed by atoms with E-state index in [0.29, 0.717) is 11.9 Å². The number of anilines is 2. The lowest BCUT2D eigenvalue weighted by atomic mass is 10.0. The van der Waals surface area contributed by atoms with Crippen molar-refractivity contribution in [1.29, 1.82) is 0 Å². The molecule has 4 rings (SSSR count). The first-order valence-electron chi connectivity index (χ1n) is 7.63. The minimum absolute atomic E-state index is 0.125. The number of nitrogens with one attached hydrogen (secondary N) is 4. The highest BCUT2D eigenvalue weighted by molar-refractivity contribution is 6.07. The number of hydrogen-bond acceptors (Lipinski definition) is 4. The largest absolute Gasteiger partial charge is 0.361 e. The van der Waals surface area contributed by atoms with Crippen molar-refractivity contribution < 1.29 is 14.8 Å². The number of fused-ring (bicyclic) bond motifs is 2. The number of nitrogens with zero attached hydrogens (tertiary/aromatic N) is 1. The molecular formula is C17H18N6O+2. The van der Waals surface area contributed by atoms with Crippen molar-refractivity contribution in [2.75, 3.05) is 17.3 Å². The van der Waals surface area contributed by atoms with Gasteiger partial charge in [0.25, 0.3) is 0 Å². The highest BCUT2D eigenvalue weighted by Gasteiger charge is 2.55. The number of benzene rings is 2. The molecule has 7 nitrogen and oxygen atoms in total. The second kappa shape index (κ2) is 5.09. The summed E-state index contributed by atoms with van der Waals surface area (Å²) in [4.78, 5) is 20.9. The average molecular weight is 322 g/mol. The summed E-state index contributed by atoms with van der Waals surface area (Å²) in [6.45, 7) is 0. The van der Waals surface area contributed by atoms with E-state index in [0.717, 1.165) is 16.9 Å². The van der Waals surface area contributed by atoms with E-state index in [1.807, 2.05) is 54.6 Å². The van der Waals surface area contributed by atoms with Crippen molar-refractivity contribution >= 4 is 29.2 Å². The molecule has 2 aromatic rings. The van der Waals surface area contributed by atoms with Gasteiger partial charge in [0.2, 0.25) is 0 Å². The van der Waals surface area contributed by atoms with Crippen LogP contribution in [0.4, 0.5) is 11.4 Å². The van der Waals surface area contributed by atoms with Crippen LogP contribution in [0.15, 0.2) is 54.6 Å². The van der Waals surface area contributed by atoms with Gasteiger partial charge in [0.15, 0.2) is 0 Å². The molecule has 0 saturated carbocycles. The third-order valence-electron chi connectivity index (χ3n) is 4.23. The van der Waals surface area contributed by atoms with Crippen molar-refractivity contribution in [2.24, 2.45) is 5.73 Å². The molecule has 24 heavy (non-hydrogen) atoms. The quantitative estimate of drug-likeness (QED) is 0.396. The fraction of sp³-hybridized carbons (Fsp3) is 0.118. The van der Waals surface area contributed by atoms with Gasteiger partial charge < -0.3 is 4.90 Å². The predicted molar refractivity (Wildman–Crippen MR) is 90.9 cm³/mol. The number of likely N-dealkylation sites (N-methyl/N-ethyl adjacent to an activating group) is 1. The Morgan fingerprint density at radius 1 is 1.08 bits per heavy atom. The Hall–Kier alpha value is -3.35. The Kier molecular flexibility index (Phi) is 3.02. The Bertz CT molecular complexity index is 876. The number of rotatable bonds is 1. The number of para-hydroxylation sites is 2. The van der Waals surface area contributed by atoms with E-state index in [9.17, 15) is 4.79 Å². The lowest BCUT2D eigenvalue weighted by Gasteiger charge is -2.21. The summed E-state index contributed by atoms with van der Waals surface area (Å²) in [5.41, 5.74) is 7.44. The van der Waals surface area contributed by atoms with Crippen LogP contribution in [0, 0.1) is 0 Å². The fourth-order valence-corrected chi connectivity index (χ4v) is 3.15. The van der Waals surface area contributed by atoms with Crippen molar-refractivity contribution in [2.45, 2.75) is 5.66 Å². The van der Waals surface area contributed by atoms with Gasteiger partial charge >= 0.3 is 23.5 Å². The van der Waals surface area contributed by atoms with E-state index < -0.39 is 5.66 Å². The van der Waals surface area contributed by atoms with Crippen LogP contribution in [0.2, 0.25) is 0 Å². The van der Waals surface area contributed by atoms with E-state index in [1.54, 1.807) is 11.9 Å². The van der Waals surface area contributed by atoms with Crippen molar-refractivity contribution in [3.63, 3.8) is 0 Å². The summed E-state index contributed by atoms with van der Waals surface area (Å²) in [5.74, 6) is 0.710. The smallest absolute Gasteiger partial charge is 0.308 e. The number of carbonyl (C=O) groups excluding carboxylic acids is 1. The van der Waals surface area contributed by atoms with Gasteiger partial charge in [-0.1, -0.05) is 30.3 Å². The van der Waals surface area contributed by atoms with Crippen molar-refractivity contribution in [3.05, 3.63) is 60.2 Å². The van der Waals surface area contributed by atoms with Crippen LogP contribution < -0.4 is 31.3 Å². The summed E-state index contributed by atoms with van der Waals surface area (Å²) in [7, 11) is 1.75. The van der Waals surface area contributed by atoms with Crippen LogP contribution >= 0.6 is 0 Å². The minimum atomic E-state index is -1.13.